The summed E-state index contributed by atoms with van der Waals surface area (Å²) in [7, 11) is 0. The number of hydrogen-bond donors (Lipinski definition) is 1. The van der Waals surface area contributed by atoms with Crippen LogP contribution in [-0.2, 0) is 9.53 Å². The van der Waals surface area contributed by atoms with E-state index in [0.29, 0.717) is 43.3 Å². The molecule has 0 radical (unpaired) electrons. The summed E-state index contributed by atoms with van der Waals surface area (Å²) in [6, 6.07) is 22.6. The van der Waals surface area contributed by atoms with Crippen molar-refractivity contribution >= 4 is 35.0 Å². The molecule has 5 aromatic rings. The quantitative estimate of drug-likeness (QED) is 0.253. The number of aromatic nitrogens is 2. The molecule has 0 bridgehead atoms. The Balaban J connectivity index is 1.45. The van der Waals surface area contributed by atoms with Crippen LogP contribution in [0.3, 0.4) is 0 Å². The monoisotopic (exact) mass is 647 g/mol. The van der Waals surface area contributed by atoms with Crippen molar-refractivity contribution in [3.05, 3.63) is 138 Å². The van der Waals surface area contributed by atoms with Gasteiger partial charge in [0.25, 0.3) is 5.56 Å². The van der Waals surface area contributed by atoms with E-state index in [1.54, 1.807) is 41.8 Å². The summed E-state index contributed by atoms with van der Waals surface area (Å²) in [6.45, 7) is 5.81. The number of fused-ring (bicyclic) bond motifs is 2. The van der Waals surface area contributed by atoms with Gasteiger partial charge in [0.2, 0.25) is 6.79 Å². The van der Waals surface area contributed by atoms with Crippen LogP contribution in [0.2, 0.25) is 0 Å². The minimum absolute atomic E-state index is 0.0798. The van der Waals surface area contributed by atoms with Crippen LogP contribution in [0.1, 0.15) is 51.4 Å². The third kappa shape index (κ3) is 5.24. The summed E-state index contributed by atoms with van der Waals surface area (Å²) in [5.41, 5.74) is 5.09. The number of aromatic carboxylic acids is 1. The largest absolute Gasteiger partial charge is 0.478 e. The van der Waals surface area contributed by atoms with E-state index in [0.717, 1.165) is 17.0 Å². The second kappa shape index (κ2) is 11.9. The van der Waals surface area contributed by atoms with Crippen LogP contribution in [0.15, 0.2) is 94.2 Å². The normalized spacial score (nSPS) is 15.4. The van der Waals surface area contributed by atoms with Crippen molar-refractivity contribution in [3.63, 3.8) is 0 Å². The van der Waals surface area contributed by atoms with Gasteiger partial charge >= 0.3 is 11.9 Å². The van der Waals surface area contributed by atoms with Gasteiger partial charge in [-0.05, 0) is 74.4 Å². The number of nitrogens with zero attached hydrogens (tertiary/aromatic N) is 3. The number of rotatable bonds is 7. The Bertz CT molecular complexity index is 2300. The van der Waals surface area contributed by atoms with Gasteiger partial charge in [-0.3, -0.25) is 9.36 Å². The fraction of sp³-hybridized carbons (Fsp3) is 0.167. The van der Waals surface area contributed by atoms with E-state index in [2.05, 4.69) is 0 Å². The lowest BCUT2D eigenvalue weighted by Crippen LogP contribution is -2.40. The van der Waals surface area contributed by atoms with Crippen LogP contribution in [0, 0.1) is 13.8 Å². The third-order valence-corrected chi connectivity index (χ3v) is 9.18. The van der Waals surface area contributed by atoms with E-state index in [9.17, 15) is 19.5 Å². The highest BCUT2D eigenvalue weighted by molar-refractivity contribution is 7.07. The number of benzene rings is 3. The molecule has 2 aromatic heterocycles. The highest BCUT2D eigenvalue weighted by atomic mass is 32.1. The lowest BCUT2D eigenvalue weighted by molar-refractivity contribution is -0.138. The summed E-state index contributed by atoms with van der Waals surface area (Å²) >= 11 is 1.23. The van der Waals surface area contributed by atoms with Crippen molar-refractivity contribution in [3.8, 4) is 17.2 Å². The van der Waals surface area contributed by atoms with Gasteiger partial charge in [0.15, 0.2) is 16.3 Å². The van der Waals surface area contributed by atoms with Crippen LogP contribution in [0.25, 0.3) is 17.5 Å². The maximum atomic E-state index is 14.4. The molecule has 1 N–H and O–H groups in total. The van der Waals surface area contributed by atoms with Crippen LogP contribution in [0.4, 0.5) is 0 Å². The maximum absolute atomic E-state index is 14.4. The van der Waals surface area contributed by atoms with E-state index in [-0.39, 0.29) is 30.1 Å². The predicted molar refractivity (Wildman–Crippen MR) is 176 cm³/mol. The number of ether oxygens (including phenoxy) is 3. The third-order valence-electron chi connectivity index (χ3n) is 8.19. The first kappa shape index (κ1) is 30.0. The molecule has 0 unspecified atom stereocenters. The molecule has 0 spiro atoms. The van der Waals surface area contributed by atoms with Crippen LogP contribution in [0.5, 0.6) is 11.5 Å². The SMILES string of the molecule is CCOC(=O)C1=C(c2ccccc2)N=c2s/c(=C\c3cc(C)n(-c4cccc(C(=O)O)c4)c3C)c(=O)n2[C@@H]1c1ccc2c(c1)OCO2. The fourth-order valence-corrected chi connectivity index (χ4v) is 7.08. The lowest BCUT2D eigenvalue weighted by atomic mass is 9.93. The molecule has 2 aliphatic rings. The van der Waals surface area contributed by atoms with Gasteiger partial charge in [0, 0.05) is 22.6 Å². The van der Waals surface area contributed by atoms with E-state index < -0.39 is 18.0 Å². The first-order valence-electron chi connectivity index (χ1n) is 15.0. The van der Waals surface area contributed by atoms with E-state index in [4.69, 9.17) is 19.2 Å². The smallest absolute Gasteiger partial charge is 0.338 e. The number of thiazole rings is 1. The Morgan fingerprint density at radius 1 is 1.02 bits per heavy atom. The van der Waals surface area contributed by atoms with Crippen LogP contribution in [-0.4, -0.2) is 39.6 Å². The lowest BCUT2D eigenvalue weighted by Gasteiger charge is -2.26. The zero-order valence-corrected chi connectivity index (χ0v) is 26.5. The summed E-state index contributed by atoms with van der Waals surface area (Å²) < 4.78 is 20.7. The van der Waals surface area contributed by atoms with Crippen molar-refractivity contribution < 1.29 is 28.9 Å². The number of hydrogen-bond acceptors (Lipinski definition) is 8. The zero-order valence-electron chi connectivity index (χ0n) is 25.7. The topological polar surface area (TPSA) is 121 Å². The minimum atomic E-state index is -1.01. The molecule has 47 heavy (non-hydrogen) atoms. The molecule has 1 atom stereocenters. The highest BCUT2D eigenvalue weighted by Crippen LogP contribution is 2.40. The summed E-state index contributed by atoms with van der Waals surface area (Å²) in [5.74, 6) is -0.482. The minimum Gasteiger partial charge on any atom is -0.478 e. The van der Waals surface area contributed by atoms with Crippen molar-refractivity contribution in [1.82, 2.24) is 9.13 Å². The Morgan fingerprint density at radius 3 is 2.57 bits per heavy atom. The number of carboxylic acids is 1. The van der Waals surface area contributed by atoms with Crippen LogP contribution >= 0.6 is 11.3 Å². The number of aryl methyl sites for hydroxylation is 1. The van der Waals surface area contributed by atoms with Gasteiger partial charge in [-0.1, -0.05) is 53.8 Å². The number of carboxylic acid groups (broad SMARTS) is 1. The number of carbonyl (C=O) groups excluding carboxylic acids is 1. The van der Waals surface area contributed by atoms with Gasteiger partial charge in [0.1, 0.15) is 0 Å². The molecular formula is C36H29N3O7S. The van der Waals surface area contributed by atoms with Gasteiger partial charge in [-0.2, -0.15) is 0 Å². The predicted octanol–water partition coefficient (Wildman–Crippen LogP) is 4.77. The maximum Gasteiger partial charge on any atom is 0.338 e. The second-order valence-electron chi connectivity index (χ2n) is 11.1. The molecule has 0 saturated heterocycles. The Hall–Kier alpha value is -5.68. The molecule has 236 valence electrons. The Morgan fingerprint density at radius 2 is 1.81 bits per heavy atom. The molecule has 0 amide bonds. The van der Waals surface area contributed by atoms with Gasteiger partial charge in [0.05, 0.1) is 34.0 Å². The fourth-order valence-electron chi connectivity index (χ4n) is 6.09. The first-order chi connectivity index (χ1) is 22.7. The molecule has 0 saturated carbocycles. The summed E-state index contributed by atoms with van der Waals surface area (Å²) in [5, 5.41) is 9.52. The molecule has 7 rings (SSSR count). The molecule has 11 heteroatoms. The average molecular weight is 648 g/mol. The van der Waals surface area contributed by atoms with Crippen molar-refractivity contribution in [2.24, 2.45) is 4.99 Å². The van der Waals surface area contributed by atoms with E-state index in [1.807, 2.05) is 73.0 Å². The number of esters is 1. The Labute approximate surface area is 272 Å². The molecule has 4 heterocycles. The van der Waals surface area contributed by atoms with Crippen molar-refractivity contribution in [2.45, 2.75) is 26.8 Å². The average Bonchev–Trinajstić information content (AvgIpc) is 3.75. The molecule has 3 aromatic carbocycles. The molecule has 10 nitrogen and oxygen atoms in total. The van der Waals surface area contributed by atoms with Gasteiger partial charge in [-0.25, -0.2) is 14.6 Å². The standard InChI is InChI=1S/C36H29N3O7S/c1-4-44-35(43)30-31(22-9-6-5-7-10-22)37-36-39(32(30)23-13-14-27-28(17-23)46-19-45-27)33(40)29(47-36)18-25-15-20(2)38(21(25)3)26-12-8-11-24(16-26)34(41)42/h5-18,32H,4,19H2,1-3H3,(H,41,42)/b29-18-/t32-/m1/s1. The molecule has 0 fully saturated rings. The van der Waals surface area contributed by atoms with Crippen LogP contribution < -0.4 is 24.4 Å². The molecular weight excluding hydrogens is 618 g/mol. The summed E-state index contributed by atoms with van der Waals surface area (Å²) in [6.07, 6.45) is 1.82. The molecule has 0 aliphatic carbocycles. The van der Waals surface area contributed by atoms with Gasteiger partial charge in [-0.15, -0.1) is 0 Å². The van der Waals surface area contributed by atoms with E-state index in [1.165, 1.54) is 11.3 Å². The summed E-state index contributed by atoms with van der Waals surface area (Å²) in [4.78, 5) is 45.1. The highest BCUT2D eigenvalue weighted by Gasteiger charge is 2.36. The van der Waals surface area contributed by atoms with Crippen molar-refractivity contribution in [1.29, 1.82) is 0 Å². The molecule has 2 aliphatic heterocycles. The number of carbonyl (C=O) groups is 2. The zero-order chi connectivity index (χ0) is 32.8. The van der Waals surface area contributed by atoms with E-state index >= 15 is 0 Å². The van der Waals surface area contributed by atoms with Crippen molar-refractivity contribution in [2.75, 3.05) is 13.4 Å². The first-order valence-corrected chi connectivity index (χ1v) is 15.8. The van der Waals surface area contributed by atoms with Gasteiger partial charge < -0.3 is 23.9 Å². The second-order valence-corrected chi connectivity index (χ2v) is 12.1. The Kier molecular flexibility index (Phi) is 7.61.